The molecule has 2 rings (SSSR count). The smallest absolute Gasteiger partial charge is 0.269 e. The molecule has 0 aliphatic carbocycles. The molecule has 0 radical (unpaired) electrons. The van der Waals surface area contributed by atoms with Crippen molar-refractivity contribution in [3.8, 4) is 0 Å². The summed E-state index contributed by atoms with van der Waals surface area (Å²) in [5, 5.41) is 0. The van der Waals surface area contributed by atoms with Crippen LogP contribution in [0.15, 0.2) is 53.4 Å². The van der Waals surface area contributed by atoms with Crippen molar-refractivity contribution in [2.75, 3.05) is 13.4 Å². The molecule has 0 saturated heterocycles. The zero-order valence-corrected chi connectivity index (χ0v) is 14.6. The number of hydrogen-bond acceptors (Lipinski definition) is 5. The Bertz CT molecular complexity index is 893. The molecule has 0 fully saturated rings. The summed E-state index contributed by atoms with van der Waals surface area (Å²) in [6, 6.07) is 12.3. The molecule has 2 aromatic rings. The number of rotatable bonds is 5. The van der Waals surface area contributed by atoms with Gasteiger partial charge in [-0.25, -0.2) is 8.42 Å². The minimum atomic E-state index is -3.42. The van der Waals surface area contributed by atoms with Crippen LogP contribution in [0.5, 0.6) is 0 Å². The summed E-state index contributed by atoms with van der Waals surface area (Å²) in [6.07, 6.45) is 1.05. The van der Waals surface area contributed by atoms with E-state index in [-0.39, 0.29) is 10.5 Å². The average molecular weight is 362 g/mol. The summed E-state index contributed by atoms with van der Waals surface area (Å²) < 4.78 is 28.1. The van der Waals surface area contributed by atoms with Crippen molar-refractivity contribution in [2.24, 2.45) is 0 Å². The van der Waals surface area contributed by atoms with Gasteiger partial charge in [-0.3, -0.25) is 20.4 Å². The van der Waals surface area contributed by atoms with E-state index in [0.717, 1.165) is 11.8 Å². The van der Waals surface area contributed by atoms with Gasteiger partial charge in [0.15, 0.2) is 9.84 Å². The molecular weight excluding hydrogens is 344 g/mol. The maximum absolute atomic E-state index is 12.1. The average Bonchev–Trinajstić information content (AvgIpc) is 2.59. The fraction of sp³-hybridized carbons (Fsp3) is 0.176. The van der Waals surface area contributed by atoms with Crippen LogP contribution in [0, 0.1) is 0 Å². The van der Waals surface area contributed by atoms with Gasteiger partial charge in [-0.1, -0.05) is 18.2 Å². The van der Waals surface area contributed by atoms with Crippen LogP contribution in [0.4, 0.5) is 0 Å². The number of carbonyl (C=O) groups excluding carboxylic acids is 2. The molecule has 2 N–H and O–H groups in total. The van der Waals surface area contributed by atoms with Crippen LogP contribution in [-0.4, -0.2) is 33.6 Å². The molecule has 0 saturated carbocycles. The monoisotopic (exact) mass is 362 g/mol. The molecule has 2 amide bonds. The van der Waals surface area contributed by atoms with Crippen molar-refractivity contribution in [3.05, 3.63) is 65.2 Å². The van der Waals surface area contributed by atoms with Crippen LogP contribution in [0.25, 0.3) is 0 Å². The van der Waals surface area contributed by atoms with Crippen LogP contribution in [0.3, 0.4) is 0 Å². The maximum Gasteiger partial charge on any atom is 0.269 e. The van der Waals surface area contributed by atoms with Gasteiger partial charge >= 0.3 is 0 Å². The normalized spacial score (nSPS) is 11.0. The van der Waals surface area contributed by atoms with E-state index in [1.54, 1.807) is 25.3 Å². The SMILES string of the molecule is COCc1cccc(C(=O)NNC(=O)c2cccc(S(C)(=O)=O)c2)c1. The fourth-order valence-electron chi connectivity index (χ4n) is 2.09. The molecule has 0 unspecified atom stereocenters. The first-order chi connectivity index (χ1) is 11.8. The Hall–Kier alpha value is -2.71. The highest BCUT2D eigenvalue weighted by atomic mass is 32.2. The summed E-state index contributed by atoms with van der Waals surface area (Å²) in [6.45, 7) is 0.367. The lowest BCUT2D eigenvalue weighted by atomic mass is 10.1. The van der Waals surface area contributed by atoms with E-state index < -0.39 is 21.7 Å². The summed E-state index contributed by atoms with van der Waals surface area (Å²) in [5.74, 6) is -1.11. The van der Waals surface area contributed by atoms with Crippen molar-refractivity contribution in [3.63, 3.8) is 0 Å². The van der Waals surface area contributed by atoms with Gasteiger partial charge in [0.25, 0.3) is 11.8 Å². The van der Waals surface area contributed by atoms with E-state index in [0.29, 0.717) is 12.2 Å². The molecule has 0 aliphatic rings. The first-order valence-corrected chi connectivity index (χ1v) is 9.19. The van der Waals surface area contributed by atoms with Crippen molar-refractivity contribution in [1.29, 1.82) is 0 Å². The minimum Gasteiger partial charge on any atom is -0.380 e. The molecule has 0 spiro atoms. The summed E-state index contributed by atoms with van der Waals surface area (Å²) in [5.41, 5.74) is 5.86. The molecule has 132 valence electrons. The number of hydrogen-bond donors (Lipinski definition) is 2. The Kier molecular flexibility index (Phi) is 5.89. The highest BCUT2D eigenvalue weighted by Crippen LogP contribution is 2.11. The molecule has 2 aromatic carbocycles. The predicted octanol–water partition coefficient (Wildman–Crippen LogP) is 1.31. The molecule has 0 heterocycles. The first kappa shape index (κ1) is 18.6. The fourth-order valence-corrected chi connectivity index (χ4v) is 2.76. The van der Waals surface area contributed by atoms with Crippen molar-refractivity contribution in [2.45, 2.75) is 11.5 Å². The topological polar surface area (TPSA) is 102 Å². The Morgan fingerprint density at radius 3 is 2.08 bits per heavy atom. The van der Waals surface area contributed by atoms with E-state index in [2.05, 4.69) is 10.9 Å². The lowest BCUT2D eigenvalue weighted by Crippen LogP contribution is -2.41. The number of hydrazine groups is 1. The first-order valence-electron chi connectivity index (χ1n) is 7.30. The van der Waals surface area contributed by atoms with Gasteiger partial charge in [-0.05, 0) is 35.9 Å². The summed E-state index contributed by atoms with van der Waals surface area (Å²) >= 11 is 0. The van der Waals surface area contributed by atoms with Gasteiger partial charge in [-0.2, -0.15) is 0 Å². The Morgan fingerprint density at radius 1 is 0.960 bits per heavy atom. The quantitative estimate of drug-likeness (QED) is 0.781. The number of sulfone groups is 1. The van der Waals surface area contributed by atoms with Gasteiger partial charge < -0.3 is 4.74 Å². The molecule has 0 bridgehead atoms. The Morgan fingerprint density at radius 2 is 1.52 bits per heavy atom. The van der Waals surface area contributed by atoms with E-state index >= 15 is 0 Å². The highest BCUT2D eigenvalue weighted by Gasteiger charge is 2.13. The van der Waals surface area contributed by atoms with Gasteiger partial charge in [0.1, 0.15) is 0 Å². The third-order valence-corrected chi connectivity index (χ3v) is 4.42. The minimum absolute atomic E-state index is 0.0266. The van der Waals surface area contributed by atoms with E-state index in [1.807, 2.05) is 6.07 Å². The van der Waals surface area contributed by atoms with Crippen LogP contribution >= 0.6 is 0 Å². The molecular formula is C17H18N2O5S. The van der Waals surface area contributed by atoms with Gasteiger partial charge in [-0.15, -0.1) is 0 Å². The van der Waals surface area contributed by atoms with Crippen molar-refractivity contribution in [1.82, 2.24) is 10.9 Å². The van der Waals surface area contributed by atoms with E-state index in [9.17, 15) is 18.0 Å². The summed E-state index contributed by atoms with van der Waals surface area (Å²) in [7, 11) is -1.87. The standard InChI is InChI=1S/C17H18N2O5S/c1-24-11-12-5-3-6-13(9-12)16(20)18-19-17(21)14-7-4-8-15(10-14)25(2,22)23/h3-10H,11H2,1-2H3,(H,18,20)(H,19,21). The molecule has 8 heteroatoms. The maximum atomic E-state index is 12.1. The highest BCUT2D eigenvalue weighted by molar-refractivity contribution is 7.90. The molecule has 7 nitrogen and oxygen atoms in total. The van der Waals surface area contributed by atoms with Crippen molar-refractivity contribution >= 4 is 21.7 Å². The van der Waals surface area contributed by atoms with Crippen LogP contribution in [-0.2, 0) is 21.2 Å². The predicted molar refractivity (Wildman–Crippen MR) is 91.6 cm³/mol. The van der Waals surface area contributed by atoms with Gasteiger partial charge in [0, 0.05) is 24.5 Å². The van der Waals surface area contributed by atoms with Crippen LogP contribution in [0.2, 0.25) is 0 Å². The number of amides is 2. The number of methoxy groups -OCH3 is 1. The van der Waals surface area contributed by atoms with Crippen LogP contribution in [0.1, 0.15) is 26.3 Å². The lowest BCUT2D eigenvalue weighted by molar-refractivity contribution is 0.0846. The van der Waals surface area contributed by atoms with E-state index in [1.165, 1.54) is 24.3 Å². The lowest BCUT2D eigenvalue weighted by Gasteiger charge is -2.09. The van der Waals surface area contributed by atoms with E-state index in [4.69, 9.17) is 4.74 Å². The molecule has 0 aromatic heterocycles. The number of benzene rings is 2. The summed E-state index contributed by atoms with van der Waals surface area (Å²) in [4.78, 5) is 24.2. The van der Waals surface area contributed by atoms with Gasteiger partial charge in [0.05, 0.1) is 11.5 Å². The number of nitrogens with one attached hydrogen (secondary N) is 2. The molecule has 25 heavy (non-hydrogen) atoms. The molecule has 0 aliphatic heterocycles. The second-order valence-corrected chi connectivity index (χ2v) is 7.36. The second-order valence-electron chi connectivity index (χ2n) is 5.34. The zero-order chi connectivity index (χ0) is 18.4. The number of ether oxygens (including phenoxy) is 1. The molecule has 0 atom stereocenters. The zero-order valence-electron chi connectivity index (χ0n) is 13.8. The number of carbonyl (C=O) groups is 2. The third-order valence-electron chi connectivity index (χ3n) is 3.31. The Balaban J connectivity index is 2.05. The van der Waals surface area contributed by atoms with Crippen molar-refractivity contribution < 1.29 is 22.7 Å². The van der Waals surface area contributed by atoms with Crippen LogP contribution < -0.4 is 10.9 Å². The third kappa shape index (κ3) is 5.13. The van der Waals surface area contributed by atoms with Gasteiger partial charge in [0.2, 0.25) is 0 Å². The second kappa shape index (κ2) is 7.91. The Labute approximate surface area is 145 Å². The largest absolute Gasteiger partial charge is 0.380 e.